The van der Waals surface area contributed by atoms with Crippen LogP contribution in [0.25, 0.3) is 0 Å². The summed E-state index contributed by atoms with van der Waals surface area (Å²) < 4.78 is 0. The molecule has 0 spiro atoms. The second-order valence-corrected chi connectivity index (χ2v) is 0. The van der Waals surface area contributed by atoms with Crippen molar-refractivity contribution in [3.05, 3.63) is 0 Å². The fourth-order valence-electron chi connectivity index (χ4n) is 0. The third-order valence-electron chi connectivity index (χ3n) is 0. The van der Waals surface area contributed by atoms with Crippen molar-refractivity contribution < 1.29 is 162 Å². The van der Waals surface area contributed by atoms with Crippen LogP contribution in [0.3, 0.4) is 0 Å². The maximum absolute atomic E-state index is 0. The van der Waals surface area contributed by atoms with Crippen molar-refractivity contribution in [2.45, 2.75) is 0 Å². The normalized spacial score (nSPS) is 0. The molecule has 0 rings (SSSR count). The van der Waals surface area contributed by atoms with E-state index in [9.17, 15) is 0 Å². The Morgan fingerprint density at radius 3 is 1.25 bits per heavy atom. The summed E-state index contributed by atoms with van der Waals surface area (Å²) in [6.07, 6.45) is 0. The summed E-state index contributed by atoms with van der Waals surface area (Å²) in [6, 6.07) is 0. The van der Waals surface area contributed by atoms with E-state index in [2.05, 4.69) is 0 Å². The topological polar surface area (TPSA) is 0 Å². The molecule has 0 N–H and O–H groups in total. The molecule has 0 amide bonds. The molecule has 0 aromatic rings. The monoisotopic (exact) mass is 462 g/mol. The van der Waals surface area contributed by atoms with Gasteiger partial charge < -0.3 is 1.43 Å². The third kappa shape index (κ3) is 10.3. The van der Waals surface area contributed by atoms with Crippen molar-refractivity contribution in [2.24, 2.45) is 0 Å². The van der Waals surface area contributed by atoms with Crippen LogP contribution in [0, 0.1) is 76.8 Å². The van der Waals surface area contributed by atoms with E-state index in [0.29, 0.717) is 0 Å². The van der Waals surface area contributed by atoms with E-state index in [-0.39, 0.29) is 162 Å². The van der Waals surface area contributed by atoms with Gasteiger partial charge in [0.1, 0.15) is 0 Å². The Morgan fingerprint density at radius 1 is 1.25 bits per heavy atom. The predicted molar refractivity (Wildman–Crippen MR) is 1.11 cm³/mol. The van der Waals surface area contributed by atoms with E-state index >= 15 is 0 Å². The maximum atomic E-state index is 0. The van der Waals surface area contributed by atoms with E-state index in [1.54, 1.807) is 0 Å². The van der Waals surface area contributed by atoms with Crippen LogP contribution in [0.1, 0.15) is 1.43 Å². The van der Waals surface area contributed by atoms with Gasteiger partial charge >= 0.3 is 51.4 Å². The minimum atomic E-state index is 0. The first-order valence-electron chi connectivity index (χ1n) is 0. The molecule has 4 heavy (non-hydrogen) atoms. The fraction of sp³-hybridized carbons (Fsp3) is 0. The molecule has 0 aliphatic heterocycles. The van der Waals surface area contributed by atoms with Gasteiger partial charge in [-0.2, -0.15) is 0 Å². The molecule has 0 atom stereocenters. The van der Waals surface area contributed by atoms with Crippen LogP contribution in [0.2, 0.25) is 0 Å². The number of hydrogen-bond acceptors (Lipinski definition) is 0. The predicted octanol–water partition coefficient (Wildman–Crippen LogP) is -2.89. The molecule has 0 heterocycles. The Balaban J connectivity index is 0. The van der Waals surface area contributed by atoms with Gasteiger partial charge in [-0.05, 0) is 0 Å². The van der Waals surface area contributed by atoms with Gasteiger partial charge in [0.15, 0.2) is 0 Å². The summed E-state index contributed by atoms with van der Waals surface area (Å²) in [7, 11) is 0. The SMILES string of the molecule is [Gd].[H-].[K+].[Lu].[Y]. The molecule has 2 radical (unpaired) electrons. The van der Waals surface area contributed by atoms with Crippen molar-refractivity contribution in [1.29, 1.82) is 0 Å². The molecule has 0 bridgehead atoms. The van der Waals surface area contributed by atoms with Gasteiger partial charge in [0, 0.05) is 110 Å². The summed E-state index contributed by atoms with van der Waals surface area (Å²) in [4.78, 5) is 0. The van der Waals surface area contributed by atoms with Crippen LogP contribution in [-0.2, 0) is 32.7 Å². The van der Waals surface area contributed by atoms with Crippen molar-refractivity contribution in [3.63, 3.8) is 0 Å². The molecule has 0 saturated heterocycles. The van der Waals surface area contributed by atoms with Crippen molar-refractivity contribution >= 4 is 0 Å². The summed E-state index contributed by atoms with van der Waals surface area (Å²) in [5.74, 6) is 0. The minimum Gasteiger partial charge on any atom is -1.00 e. The van der Waals surface area contributed by atoms with Gasteiger partial charge in [-0.15, -0.1) is 0 Å². The molecule has 0 aliphatic carbocycles. The quantitative estimate of drug-likeness (QED) is 0.340. The second kappa shape index (κ2) is 15.7. The molecular formula is HGdKLuY. The fourth-order valence-corrected chi connectivity index (χ4v) is 0. The van der Waals surface area contributed by atoms with Gasteiger partial charge in [-0.1, -0.05) is 0 Å². The zero-order valence-electron chi connectivity index (χ0n) is 3.19. The molecule has 0 unspecified atom stereocenters. The van der Waals surface area contributed by atoms with Crippen LogP contribution in [0.4, 0.5) is 0 Å². The van der Waals surface area contributed by atoms with Crippen molar-refractivity contribution in [3.8, 4) is 0 Å². The average Bonchev–Trinajstić information content (AvgIpc) is 0. The molecular weight excluding hydrogens is 460 g/mol. The summed E-state index contributed by atoms with van der Waals surface area (Å²) >= 11 is 0. The largest absolute Gasteiger partial charge is 1.00 e. The summed E-state index contributed by atoms with van der Waals surface area (Å²) in [5.41, 5.74) is 0. The Hall–Kier alpha value is 5.30. The van der Waals surface area contributed by atoms with Crippen LogP contribution < -0.4 is 51.4 Å². The molecule has 4 heteroatoms. The van der Waals surface area contributed by atoms with Crippen LogP contribution >= 0.6 is 0 Å². The molecule has 0 nitrogen and oxygen atoms in total. The van der Waals surface area contributed by atoms with E-state index < -0.39 is 0 Å². The number of hydrogen-bond donors (Lipinski definition) is 0. The van der Waals surface area contributed by atoms with Gasteiger partial charge in [0.2, 0.25) is 0 Å². The minimum absolute atomic E-state index is 0. The van der Waals surface area contributed by atoms with Gasteiger partial charge in [0.25, 0.3) is 0 Å². The van der Waals surface area contributed by atoms with E-state index in [4.69, 9.17) is 0 Å². The first-order chi connectivity index (χ1) is 0. The maximum Gasteiger partial charge on any atom is 1.00 e. The zero-order valence-corrected chi connectivity index (χ0v) is 12.1. The molecule has 0 saturated carbocycles. The van der Waals surface area contributed by atoms with Crippen LogP contribution in [0.15, 0.2) is 0 Å². The number of rotatable bonds is 0. The van der Waals surface area contributed by atoms with Gasteiger partial charge in [-0.25, -0.2) is 0 Å². The Bertz CT molecular complexity index is 11.6. The summed E-state index contributed by atoms with van der Waals surface area (Å²) in [5, 5.41) is 0. The smallest absolute Gasteiger partial charge is 1.00 e. The van der Waals surface area contributed by atoms with Gasteiger partial charge in [-0.3, -0.25) is 0 Å². The summed E-state index contributed by atoms with van der Waals surface area (Å²) in [6.45, 7) is 0. The zero-order chi connectivity index (χ0) is 0. The van der Waals surface area contributed by atoms with Gasteiger partial charge in [0.05, 0.1) is 0 Å². The first-order valence-corrected chi connectivity index (χ1v) is 0. The molecule has 0 fully saturated rings. The van der Waals surface area contributed by atoms with Crippen molar-refractivity contribution in [1.82, 2.24) is 0 Å². The van der Waals surface area contributed by atoms with E-state index in [1.165, 1.54) is 0 Å². The second-order valence-electron chi connectivity index (χ2n) is 0. The van der Waals surface area contributed by atoms with Crippen molar-refractivity contribution in [2.75, 3.05) is 0 Å². The Morgan fingerprint density at radius 2 is 1.25 bits per heavy atom. The molecule has 0 aromatic heterocycles. The van der Waals surface area contributed by atoms with E-state index in [1.807, 2.05) is 0 Å². The van der Waals surface area contributed by atoms with Crippen LogP contribution in [0.5, 0.6) is 0 Å². The molecule has 28 valence electrons. The standard InChI is InChI=1S/Gd.K.Lu.Y.H/q;+1;;;-1. The molecule has 0 aromatic carbocycles. The Labute approximate surface area is 157 Å². The van der Waals surface area contributed by atoms with E-state index in [0.717, 1.165) is 0 Å². The first kappa shape index (κ1) is 22.8. The average molecular weight is 461 g/mol. The molecule has 0 aliphatic rings. The Kier molecular flexibility index (Phi) is 89.8. The van der Waals surface area contributed by atoms with Crippen LogP contribution in [-0.4, -0.2) is 0 Å². The third-order valence-corrected chi connectivity index (χ3v) is 0.